The zero-order valence-corrected chi connectivity index (χ0v) is 19.8. The van der Waals surface area contributed by atoms with E-state index in [2.05, 4.69) is 69.3 Å². The first-order valence-corrected chi connectivity index (χ1v) is 12.9. The molecular weight excluding hydrogens is 360 g/mol. The van der Waals surface area contributed by atoms with Crippen LogP contribution < -0.4 is 0 Å². The predicted octanol–water partition coefficient (Wildman–Crippen LogP) is 9.26. The minimum Gasteiger partial charge on any atom is -0.0654 e. The molecule has 1 fully saturated rings. The molecule has 2 aromatic carbocycles. The maximum Gasteiger partial charge on any atom is -0.0184 e. The average Bonchev–Trinajstić information content (AvgIpc) is 2.78. The van der Waals surface area contributed by atoms with Crippen LogP contribution in [0.15, 0.2) is 48.5 Å². The third-order valence-electron chi connectivity index (χ3n) is 7.54. The molecule has 3 rings (SSSR count). The Morgan fingerprint density at radius 1 is 0.667 bits per heavy atom. The maximum atomic E-state index is 2.52. The van der Waals surface area contributed by atoms with E-state index in [1.165, 1.54) is 99.3 Å². The van der Waals surface area contributed by atoms with E-state index >= 15 is 0 Å². The summed E-state index contributed by atoms with van der Waals surface area (Å²) in [5.74, 6) is 2.86. The van der Waals surface area contributed by atoms with Gasteiger partial charge in [0, 0.05) is 0 Å². The number of benzene rings is 2. The Labute approximate surface area is 186 Å². The first-order valence-electron chi connectivity index (χ1n) is 12.9. The van der Waals surface area contributed by atoms with Gasteiger partial charge in [-0.15, -0.1) is 0 Å². The lowest BCUT2D eigenvalue weighted by Gasteiger charge is -2.34. The summed E-state index contributed by atoms with van der Waals surface area (Å²) in [6.07, 6.45) is 16.5. The molecule has 1 saturated carbocycles. The molecule has 0 heteroatoms. The van der Waals surface area contributed by atoms with E-state index in [1.807, 2.05) is 0 Å². The van der Waals surface area contributed by atoms with E-state index in [-0.39, 0.29) is 0 Å². The standard InChI is InChI=1S/C30H44/c1-4-6-8-10-27-16-18-28(24(3)23-27)17-11-26-14-21-30(22-15-26)29-19-12-25(13-20-29)9-7-5-2/h12-15,19-22,24,27-28H,4-11,16-18,23H2,1-3H3. The summed E-state index contributed by atoms with van der Waals surface area (Å²) in [6.45, 7) is 7.09. The molecule has 0 radical (unpaired) electrons. The largest absolute Gasteiger partial charge is 0.0654 e. The molecule has 0 aromatic heterocycles. The Balaban J connectivity index is 1.46. The fourth-order valence-corrected chi connectivity index (χ4v) is 5.41. The first kappa shape index (κ1) is 23.1. The van der Waals surface area contributed by atoms with Gasteiger partial charge in [0.1, 0.15) is 0 Å². The van der Waals surface area contributed by atoms with Crippen LogP contribution in [0.1, 0.15) is 96.1 Å². The summed E-state index contributed by atoms with van der Waals surface area (Å²) in [5, 5.41) is 0. The highest BCUT2D eigenvalue weighted by molar-refractivity contribution is 5.64. The van der Waals surface area contributed by atoms with Gasteiger partial charge in [-0.2, -0.15) is 0 Å². The Bertz CT molecular complexity index is 709. The van der Waals surface area contributed by atoms with Gasteiger partial charge in [0.05, 0.1) is 0 Å². The second kappa shape index (κ2) is 12.3. The van der Waals surface area contributed by atoms with Crippen molar-refractivity contribution in [2.45, 2.75) is 97.8 Å². The van der Waals surface area contributed by atoms with Crippen molar-refractivity contribution in [1.29, 1.82) is 0 Å². The van der Waals surface area contributed by atoms with Gasteiger partial charge in [-0.3, -0.25) is 0 Å². The quantitative estimate of drug-likeness (QED) is 0.327. The minimum absolute atomic E-state index is 0.913. The molecule has 1 aliphatic rings. The van der Waals surface area contributed by atoms with Crippen molar-refractivity contribution in [3.63, 3.8) is 0 Å². The predicted molar refractivity (Wildman–Crippen MR) is 133 cm³/mol. The van der Waals surface area contributed by atoms with Gasteiger partial charge in [0.25, 0.3) is 0 Å². The van der Waals surface area contributed by atoms with Gasteiger partial charge in [0.2, 0.25) is 0 Å². The van der Waals surface area contributed by atoms with Gasteiger partial charge < -0.3 is 0 Å². The molecule has 3 unspecified atom stereocenters. The summed E-state index contributed by atoms with van der Waals surface area (Å²) in [6, 6.07) is 18.6. The van der Waals surface area contributed by atoms with Crippen LogP contribution in [0.5, 0.6) is 0 Å². The van der Waals surface area contributed by atoms with Crippen molar-refractivity contribution >= 4 is 0 Å². The topological polar surface area (TPSA) is 0 Å². The van der Waals surface area contributed by atoms with Gasteiger partial charge in [-0.05, 0) is 78.5 Å². The lowest BCUT2D eigenvalue weighted by molar-refractivity contribution is 0.175. The monoisotopic (exact) mass is 404 g/mol. The van der Waals surface area contributed by atoms with Crippen molar-refractivity contribution < 1.29 is 0 Å². The van der Waals surface area contributed by atoms with Gasteiger partial charge >= 0.3 is 0 Å². The molecule has 30 heavy (non-hydrogen) atoms. The SMILES string of the molecule is CCCCCC1CCC(CCc2ccc(-c3ccc(CCCC)cc3)cc2)C(C)C1. The Morgan fingerprint density at radius 3 is 1.83 bits per heavy atom. The Morgan fingerprint density at radius 2 is 1.27 bits per heavy atom. The van der Waals surface area contributed by atoms with Crippen molar-refractivity contribution in [2.75, 3.05) is 0 Å². The highest BCUT2D eigenvalue weighted by Crippen LogP contribution is 2.38. The average molecular weight is 405 g/mol. The molecule has 0 aliphatic heterocycles. The molecule has 164 valence electrons. The molecule has 3 atom stereocenters. The fourth-order valence-electron chi connectivity index (χ4n) is 5.41. The van der Waals surface area contributed by atoms with Crippen LogP contribution in [0, 0.1) is 17.8 Å². The van der Waals surface area contributed by atoms with Gasteiger partial charge in [-0.1, -0.05) is 108 Å². The van der Waals surface area contributed by atoms with E-state index in [9.17, 15) is 0 Å². The zero-order chi connectivity index (χ0) is 21.2. The second-order valence-corrected chi connectivity index (χ2v) is 9.95. The summed E-state index contributed by atoms with van der Waals surface area (Å²) in [4.78, 5) is 0. The van der Waals surface area contributed by atoms with Crippen molar-refractivity contribution in [3.8, 4) is 11.1 Å². The van der Waals surface area contributed by atoms with Crippen molar-refractivity contribution in [3.05, 3.63) is 59.7 Å². The van der Waals surface area contributed by atoms with E-state index in [0.29, 0.717) is 0 Å². The van der Waals surface area contributed by atoms with Crippen LogP contribution >= 0.6 is 0 Å². The lowest BCUT2D eigenvalue weighted by Crippen LogP contribution is -2.23. The van der Waals surface area contributed by atoms with Crippen LogP contribution in [0.2, 0.25) is 0 Å². The first-order chi connectivity index (χ1) is 14.7. The third-order valence-corrected chi connectivity index (χ3v) is 7.54. The summed E-state index contributed by atoms with van der Waals surface area (Å²) in [5.41, 5.74) is 5.67. The van der Waals surface area contributed by atoms with E-state index in [0.717, 1.165) is 17.8 Å². The number of rotatable bonds is 11. The number of unbranched alkanes of at least 4 members (excludes halogenated alkanes) is 3. The summed E-state index contributed by atoms with van der Waals surface area (Å²) in [7, 11) is 0. The number of aryl methyl sites for hydroxylation is 2. The zero-order valence-electron chi connectivity index (χ0n) is 19.8. The number of hydrogen-bond donors (Lipinski definition) is 0. The van der Waals surface area contributed by atoms with Gasteiger partial charge in [-0.25, -0.2) is 0 Å². The molecule has 0 heterocycles. The van der Waals surface area contributed by atoms with E-state index in [4.69, 9.17) is 0 Å². The van der Waals surface area contributed by atoms with Crippen molar-refractivity contribution in [1.82, 2.24) is 0 Å². The summed E-state index contributed by atoms with van der Waals surface area (Å²) >= 11 is 0. The van der Waals surface area contributed by atoms with Crippen LogP contribution in [-0.2, 0) is 12.8 Å². The molecule has 0 bridgehead atoms. The molecule has 0 saturated heterocycles. The molecule has 0 spiro atoms. The Kier molecular flexibility index (Phi) is 9.50. The lowest BCUT2D eigenvalue weighted by atomic mass is 9.71. The molecule has 0 amide bonds. The maximum absolute atomic E-state index is 2.52. The van der Waals surface area contributed by atoms with Crippen LogP contribution in [0.25, 0.3) is 11.1 Å². The molecule has 0 nitrogen and oxygen atoms in total. The molecular formula is C30H44. The number of hydrogen-bond acceptors (Lipinski definition) is 0. The highest BCUT2D eigenvalue weighted by Gasteiger charge is 2.26. The van der Waals surface area contributed by atoms with Crippen LogP contribution in [0.4, 0.5) is 0 Å². The molecule has 0 N–H and O–H groups in total. The fraction of sp³-hybridized carbons (Fsp3) is 0.600. The smallest absolute Gasteiger partial charge is 0.0184 e. The van der Waals surface area contributed by atoms with Crippen LogP contribution in [0.3, 0.4) is 0 Å². The normalized spacial score (nSPS) is 21.6. The van der Waals surface area contributed by atoms with Gasteiger partial charge in [0.15, 0.2) is 0 Å². The molecule has 2 aromatic rings. The highest BCUT2D eigenvalue weighted by atomic mass is 14.3. The van der Waals surface area contributed by atoms with E-state index < -0.39 is 0 Å². The minimum atomic E-state index is 0.913. The Hall–Kier alpha value is -1.56. The van der Waals surface area contributed by atoms with Crippen LogP contribution in [-0.4, -0.2) is 0 Å². The third kappa shape index (κ3) is 7.00. The second-order valence-electron chi connectivity index (χ2n) is 9.95. The van der Waals surface area contributed by atoms with E-state index in [1.54, 1.807) is 0 Å². The summed E-state index contributed by atoms with van der Waals surface area (Å²) < 4.78 is 0. The van der Waals surface area contributed by atoms with Crippen molar-refractivity contribution in [2.24, 2.45) is 17.8 Å². The molecule has 1 aliphatic carbocycles.